The van der Waals surface area contributed by atoms with Crippen molar-refractivity contribution in [1.29, 1.82) is 0 Å². The minimum atomic E-state index is -0.204. The van der Waals surface area contributed by atoms with Gasteiger partial charge in [0.1, 0.15) is 0 Å². The Hall–Kier alpha value is -3.41. The zero-order valence-electron chi connectivity index (χ0n) is 14.2. The molecule has 0 fully saturated rings. The molecule has 1 aliphatic heterocycles. The van der Waals surface area contributed by atoms with Gasteiger partial charge in [-0.25, -0.2) is 4.98 Å². The van der Waals surface area contributed by atoms with E-state index in [1.807, 2.05) is 49.4 Å². The molecule has 0 saturated heterocycles. The average Bonchev–Trinajstić information content (AvgIpc) is 3.14. The predicted octanol–water partition coefficient (Wildman–Crippen LogP) is 3.25. The van der Waals surface area contributed by atoms with Crippen LogP contribution < -0.4 is 14.8 Å². The molecule has 3 aromatic rings. The van der Waals surface area contributed by atoms with Crippen LogP contribution in [-0.4, -0.2) is 22.7 Å². The molecule has 6 heteroatoms. The molecule has 26 heavy (non-hydrogen) atoms. The van der Waals surface area contributed by atoms with Crippen LogP contribution in [0.1, 0.15) is 24.2 Å². The summed E-state index contributed by atoms with van der Waals surface area (Å²) < 4.78 is 10.7. The molecule has 0 bridgehead atoms. The van der Waals surface area contributed by atoms with Crippen LogP contribution in [0.2, 0.25) is 0 Å². The highest BCUT2D eigenvalue weighted by Gasteiger charge is 2.16. The fourth-order valence-electron chi connectivity index (χ4n) is 2.74. The van der Waals surface area contributed by atoms with Gasteiger partial charge in [0.2, 0.25) is 12.7 Å². The number of aromatic nitrogens is 2. The molecule has 0 saturated carbocycles. The van der Waals surface area contributed by atoms with Gasteiger partial charge in [-0.05, 0) is 42.8 Å². The van der Waals surface area contributed by atoms with E-state index in [-0.39, 0.29) is 18.7 Å². The largest absolute Gasteiger partial charge is 0.454 e. The monoisotopic (exact) mass is 347 g/mol. The van der Waals surface area contributed by atoms with E-state index >= 15 is 0 Å². The van der Waals surface area contributed by atoms with Gasteiger partial charge in [-0.15, -0.1) is 0 Å². The van der Waals surface area contributed by atoms with Crippen molar-refractivity contribution in [3.63, 3.8) is 0 Å². The number of fused-ring (bicyclic) bond motifs is 2. The van der Waals surface area contributed by atoms with Crippen LogP contribution in [0.4, 0.5) is 0 Å². The Bertz CT molecular complexity index is 1000. The number of hydrogen-bond acceptors (Lipinski definition) is 5. The Balaban J connectivity index is 1.43. The summed E-state index contributed by atoms with van der Waals surface area (Å²) in [6, 6.07) is 13.1. The van der Waals surface area contributed by atoms with Gasteiger partial charge in [0.05, 0.1) is 29.0 Å². The summed E-state index contributed by atoms with van der Waals surface area (Å²) in [7, 11) is 0. The van der Waals surface area contributed by atoms with Crippen LogP contribution in [0, 0.1) is 0 Å². The van der Waals surface area contributed by atoms with E-state index in [2.05, 4.69) is 15.3 Å². The van der Waals surface area contributed by atoms with Crippen molar-refractivity contribution < 1.29 is 14.3 Å². The molecule has 4 rings (SSSR count). The highest BCUT2D eigenvalue weighted by Crippen LogP contribution is 2.34. The average molecular weight is 347 g/mol. The molecular weight excluding hydrogens is 330 g/mol. The van der Waals surface area contributed by atoms with Gasteiger partial charge in [0, 0.05) is 6.08 Å². The van der Waals surface area contributed by atoms with Crippen molar-refractivity contribution in [2.75, 3.05) is 6.79 Å². The van der Waals surface area contributed by atoms with E-state index in [9.17, 15) is 4.79 Å². The summed E-state index contributed by atoms with van der Waals surface area (Å²) in [5, 5.41) is 2.92. The molecule has 6 nitrogen and oxygen atoms in total. The maximum absolute atomic E-state index is 12.2. The number of amides is 1. The summed E-state index contributed by atoms with van der Waals surface area (Å²) >= 11 is 0. The minimum Gasteiger partial charge on any atom is -0.454 e. The number of hydrogen-bond donors (Lipinski definition) is 1. The highest BCUT2D eigenvalue weighted by molar-refractivity contribution is 5.92. The van der Waals surface area contributed by atoms with Gasteiger partial charge in [-0.2, -0.15) is 0 Å². The van der Waals surface area contributed by atoms with Gasteiger partial charge in [-0.3, -0.25) is 9.78 Å². The van der Waals surface area contributed by atoms with Crippen LogP contribution in [0.5, 0.6) is 11.5 Å². The van der Waals surface area contributed by atoms with Crippen molar-refractivity contribution in [2.24, 2.45) is 0 Å². The van der Waals surface area contributed by atoms with Crippen molar-refractivity contribution in [3.8, 4) is 11.5 Å². The number of nitrogens with zero attached hydrogens (tertiary/aromatic N) is 2. The lowest BCUT2D eigenvalue weighted by Crippen LogP contribution is -2.24. The Kier molecular flexibility index (Phi) is 4.23. The van der Waals surface area contributed by atoms with E-state index < -0.39 is 0 Å². The second kappa shape index (κ2) is 6.84. The standard InChI is InChI=1S/C20H17N3O3/c1-13(14-6-8-18-19(10-14)26-12-25-18)22-20(24)9-7-15-11-21-16-4-2-3-5-17(16)23-15/h2-11,13H,12H2,1H3,(H,22,24)/b9-7+. The number of para-hydroxylation sites is 2. The molecule has 1 unspecified atom stereocenters. The Labute approximate surface area is 150 Å². The normalized spacial score (nSPS) is 13.9. The molecule has 1 atom stereocenters. The summed E-state index contributed by atoms with van der Waals surface area (Å²) in [6.45, 7) is 2.15. The fraction of sp³-hybridized carbons (Fsp3) is 0.150. The fourth-order valence-corrected chi connectivity index (χ4v) is 2.74. The SMILES string of the molecule is CC(NC(=O)/C=C/c1cnc2ccccc2n1)c1ccc2c(c1)OCO2. The summed E-state index contributed by atoms with van der Waals surface area (Å²) in [5.41, 5.74) is 3.20. The molecule has 0 radical (unpaired) electrons. The number of nitrogens with one attached hydrogen (secondary N) is 1. The van der Waals surface area contributed by atoms with E-state index in [1.54, 1.807) is 12.3 Å². The Morgan fingerprint density at radius 2 is 1.96 bits per heavy atom. The van der Waals surface area contributed by atoms with Crippen molar-refractivity contribution >= 4 is 23.0 Å². The molecule has 0 aliphatic carbocycles. The minimum absolute atomic E-state index is 0.163. The third-order valence-corrected chi connectivity index (χ3v) is 4.13. The topological polar surface area (TPSA) is 73.3 Å². The van der Waals surface area contributed by atoms with E-state index in [4.69, 9.17) is 9.47 Å². The van der Waals surface area contributed by atoms with Crippen LogP contribution in [0.15, 0.2) is 54.7 Å². The number of benzene rings is 2. The second-order valence-electron chi connectivity index (χ2n) is 5.96. The first kappa shape index (κ1) is 16.1. The lowest BCUT2D eigenvalue weighted by Gasteiger charge is -2.13. The third-order valence-electron chi connectivity index (χ3n) is 4.13. The molecule has 2 aromatic carbocycles. The molecular formula is C20H17N3O3. The molecule has 1 N–H and O–H groups in total. The van der Waals surface area contributed by atoms with Gasteiger partial charge in [0.25, 0.3) is 0 Å². The van der Waals surface area contributed by atoms with Crippen molar-refractivity contribution in [3.05, 3.63) is 66.0 Å². The first-order valence-electron chi connectivity index (χ1n) is 8.29. The van der Waals surface area contributed by atoms with Crippen molar-refractivity contribution in [2.45, 2.75) is 13.0 Å². The summed E-state index contributed by atoms with van der Waals surface area (Å²) in [5.74, 6) is 1.22. The quantitative estimate of drug-likeness (QED) is 0.734. The van der Waals surface area contributed by atoms with Crippen LogP contribution in [0.3, 0.4) is 0 Å². The lowest BCUT2D eigenvalue weighted by molar-refractivity contribution is -0.117. The zero-order valence-corrected chi connectivity index (χ0v) is 14.2. The molecule has 130 valence electrons. The summed E-state index contributed by atoms with van der Waals surface area (Å²) in [6.07, 6.45) is 4.76. The molecule has 1 aliphatic rings. The highest BCUT2D eigenvalue weighted by atomic mass is 16.7. The number of carbonyl (C=O) groups is 1. The van der Waals surface area contributed by atoms with Gasteiger partial charge < -0.3 is 14.8 Å². The first-order valence-corrected chi connectivity index (χ1v) is 8.29. The Morgan fingerprint density at radius 3 is 2.85 bits per heavy atom. The van der Waals surface area contributed by atoms with E-state index in [1.165, 1.54) is 6.08 Å². The molecule has 0 spiro atoms. The van der Waals surface area contributed by atoms with Gasteiger partial charge in [0.15, 0.2) is 11.5 Å². The molecule has 1 aromatic heterocycles. The van der Waals surface area contributed by atoms with Crippen LogP contribution >= 0.6 is 0 Å². The zero-order chi connectivity index (χ0) is 17.9. The predicted molar refractivity (Wildman–Crippen MR) is 97.7 cm³/mol. The first-order chi connectivity index (χ1) is 12.7. The van der Waals surface area contributed by atoms with Gasteiger partial charge >= 0.3 is 0 Å². The maximum Gasteiger partial charge on any atom is 0.244 e. The lowest BCUT2D eigenvalue weighted by atomic mass is 10.1. The van der Waals surface area contributed by atoms with Gasteiger partial charge in [-0.1, -0.05) is 18.2 Å². The third kappa shape index (κ3) is 3.35. The smallest absolute Gasteiger partial charge is 0.244 e. The van der Waals surface area contributed by atoms with Crippen LogP contribution in [0.25, 0.3) is 17.1 Å². The van der Waals surface area contributed by atoms with Crippen molar-refractivity contribution in [1.82, 2.24) is 15.3 Å². The number of carbonyl (C=O) groups excluding carboxylic acids is 1. The maximum atomic E-state index is 12.2. The number of ether oxygens (including phenoxy) is 2. The second-order valence-corrected chi connectivity index (χ2v) is 5.96. The van der Waals surface area contributed by atoms with Crippen LogP contribution in [-0.2, 0) is 4.79 Å². The van der Waals surface area contributed by atoms with E-state index in [0.29, 0.717) is 11.4 Å². The summed E-state index contributed by atoms with van der Waals surface area (Å²) in [4.78, 5) is 21.0. The molecule has 2 heterocycles. The Morgan fingerprint density at radius 1 is 1.15 bits per heavy atom. The van der Waals surface area contributed by atoms with E-state index in [0.717, 1.165) is 22.3 Å². The molecule has 1 amide bonds. The number of rotatable bonds is 4.